The third kappa shape index (κ3) is 3.84. The SMILES string of the molecule is OC(c1ccc(OCCN2CCCC2)cc1)c1ccccn1. The molecule has 1 unspecified atom stereocenters. The summed E-state index contributed by atoms with van der Waals surface area (Å²) in [6.45, 7) is 4.08. The van der Waals surface area contributed by atoms with Gasteiger partial charge in [0.2, 0.25) is 0 Å². The molecule has 0 saturated carbocycles. The quantitative estimate of drug-likeness (QED) is 0.890. The van der Waals surface area contributed by atoms with Crippen LogP contribution >= 0.6 is 0 Å². The van der Waals surface area contributed by atoms with Crippen molar-refractivity contribution in [3.05, 3.63) is 59.9 Å². The second-order valence-electron chi connectivity index (χ2n) is 5.62. The van der Waals surface area contributed by atoms with Gasteiger partial charge < -0.3 is 9.84 Å². The Morgan fingerprint density at radius 3 is 2.55 bits per heavy atom. The van der Waals surface area contributed by atoms with Gasteiger partial charge in [0.15, 0.2) is 0 Å². The van der Waals surface area contributed by atoms with Crippen LogP contribution in [-0.2, 0) is 0 Å². The number of nitrogens with zero attached hydrogens (tertiary/aromatic N) is 2. The van der Waals surface area contributed by atoms with Gasteiger partial charge in [-0.15, -0.1) is 0 Å². The minimum absolute atomic E-state index is 0.658. The lowest BCUT2D eigenvalue weighted by atomic mass is 10.1. The van der Waals surface area contributed by atoms with Gasteiger partial charge in [-0.25, -0.2) is 0 Å². The van der Waals surface area contributed by atoms with E-state index in [1.165, 1.54) is 25.9 Å². The summed E-state index contributed by atoms with van der Waals surface area (Å²) in [5.74, 6) is 0.844. The van der Waals surface area contributed by atoms with Crippen LogP contribution in [0.3, 0.4) is 0 Å². The number of likely N-dealkylation sites (tertiary alicyclic amines) is 1. The Hall–Kier alpha value is -1.91. The monoisotopic (exact) mass is 298 g/mol. The van der Waals surface area contributed by atoms with Crippen LogP contribution in [0.25, 0.3) is 0 Å². The summed E-state index contributed by atoms with van der Waals surface area (Å²) in [6, 6.07) is 13.1. The van der Waals surface area contributed by atoms with Crippen LogP contribution in [0.1, 0.15) is 30.2 Å². The fraction of sp³-hybridized carbons (Fsp3) is 0.389. The number of aliphatic hydroxyl groups is 1. The lowest BCUT2D eigenvalue weighted by molar-refractivity contribution is 0.214. The Bertz CT molecular complexity index is 565. The van der Waals surface area contributed by atoms with E-state index >= 15 is 0 Å². The zero-order valence-corrected chi connectivity index (χ0v) is 12.7. The average molecular weight is 298 g/mol. The van der Waals surface area contributed by atoms with Gasteiger partial charge in [-0.3, -0.25) is 9.88 Å². The molecule has 0 spiro atoms. The van der Waals surface area contributed by atoms with Gasteiger partial charge in [0.1, 0.15) is 18.5 Å². The topological polar surface area (TPSA) is 45.6 Å². The fourth-order valence-corrected chi connectivity index (χ4v) is 2.75. The predicted molar refractivity (Wildman–Crippen MR) is 85.9 cm³/mol. The number of aliphatic hydroxyl groups excluding tert-OH is 1. The number of hydrogen-bond donors (Lipinski definition) is 1. The van der Waals surface area contributed by atoms with E-state index in [2.05, 4.69) is 9.88 Å². The number of hydrogen-bond acceptors (Lipinski definition) is 4. The van der Waals surface area contributed by atoms with Crippen molar-refractivity contribution in [2.45, 2.75) is 18.9 Å². The molecule has 2 heterocycles. The van der Waals surface area contributed by atoms with Crippen LogP contribution in [0.15, 0.2) is 48.7 Å². The average Bonchev–Trinajstić information content (AvgIpc) is 3.09. The summed E-state index contributed by atoms with van der Waals surface area (Å²) in [4.78, 5) is 6.61. The molecule has 1 atom stereocenters. The first kappa shape index (κ1) is 15.0. The summed E-state index contributed by atoms with van der Waals surface area (Å²) in [6.07, 6.45) is 3.61. The van der Waals surface area contributed by atoms with E-state index in [4.69, 9.17) is 4.74 Å². The Kier molecular flexibility index (Phi) is 5.03. The standard InChI is InChI=1S/C18H22N2O2/c21-18(17-5-1-2-10-19-17)15-6-8-16(9-7-15)22-14-13-20-11-3-4-12-20/h1-2,5-10,18,21H,3-4,11-14H2. The van der Waals surface area contributed by atoms with Gasteiger partial charge in [0, 0.05) is 12.7 Å². The van der Waals surface area contributed by atoms with Crippen LogP contribution in [0, 0.1) is 0 Å². The maximum absolute atomic E-state index is 10.3. The molecular weight excluding hydrogens is 276 g/mol. The van der Waals surface area contributed by atoms with Crippen LogP contribution in [0.4, 0.5) is 0 Å². The highest BCUT2D eigenvalue weighted by atomic mass is 16.5. The first-order valence-corrected chi connectivity index (χ1v) is 7.87. The van der Waals surface area contributed by atoms with Crippen LogP contribution in [0.2, 0.25) is 0 Å². The molecule has 0 amide bonds. The summed E-state index contributed by atoms with van der Waals surface area (Å²) >= 11 is 0. The molecule has 1 fully saturated rings. The first-order valence-electron chi connectivity index (χ1n) is 7.87. The second kappa shape index (κ2) is 7.38. The van der Waals surface area contributed by atoms with E-state index < -0.39 is 6.10 Å². The van der Waals surface area contributed by atoms with Crippen LogP contribution in [-0.4, -0.2) is 41.2 Å². The summed E-state index contributed by atoms with van der Waals surface area (Å²) in [5, 5.41) is 10.3. The largest absolute Gasteiger partial charge is 0.492 e. The van der Waals surface area contributed by atoms with Gasteiger partial charge >= 0.3 is 0 Å². The number of aromatic nitrogens is 1. The Labute approximate surface area is 131 Å². The van der Waals surface area contributed by atoms with Crippen LogP contribution in [0.5, 0.6) is 5.75 Å². The summed E-state index contributed by atoms with van der Waals surface area (Å²) in [5.41, 5.74) is 1.48. The molecule has 2 aromatic rings. The van der Waals surface area contributed by atoms with E-state index in [0.29, 0.717) is 12.3 Å². The molecule has 1 aromatic heterocycles. The van der Waals surface area contributed by atoms with Crippen LogP contribution < -0.4 is 4.74 Å². The molecule has 1 aromatic carbocycles. The predicted octanol–water partition coefficient (Wildman–Crippen LogP) is 2.64. The van der Waals surface area contributed by atoms with Crippen molar-refractivity contribution in [3.63, 3.8) is 0 Å². The molecule has 0 radical (unpaired) electrons. The Balaban J connectivity index is 1.53. The smallest absolute Gasteiger partial charge is 0.121 e. The second-order valence-corrected chi connectivity index (χ2v) is 5.62. The van der Waals surface area contributed by atoms with Crippen molar-refractivity contribution in [1.29, 1.82) is 0 Å². The normalized spacial score (nSPS) is 16.6. The molecule has 0 aliphatic carbocycles. The third-order valence-electron chi connectivity index (χ3n) is 4.04. The highest BCUT2D eigenvalue weighted by molar-refractivity contribution is 5.31. The minimum Gasteiger partial charge on any atom is -0.492 e. The molecule has 4 nitrogen and oxygen atoms in total. The van der Waals surface area contributed by atoms with E-state index in [-0.39, 0.29) is 0 Å². The molecule has 1 N–H and O–H groups in total. The van der Waals surface area contributed by atoms with E-state index in [0.717, 1.165) is 17.9 Å². The van der Waals surface area contributed by atoms with E-state index in [1.54, 1.807) is 6.20 Å². The Morgan fingerprint density at radius 2 is 1.86 bits per heavy atom. The zero-order chi connectivity index (χ0) is 15.2. The molecular formula is C18H22N2O2. The Morgan fingerprint density at radius 1 is 1.09 bits per heavy atom. The van der Waals surface area contributed by atoms with Gasteiger partial charge in [-0.1, -0.05) is 18.2 Å². The van der Waals surface area contributed by atoms with Crippen molar-refractivity contribution < 1.29 is 9.84 Å². The molecule has 4 heteroatoms. The van der Waals surface area contributed by atoms with Crippen molar-refractivity contribution in [2.75, 3.05) is 26.2 Å². The maximum Gasteiger partial charge on any atom is 0.121 e. The molecule has 116 valence electrons. The summed E-state index contributed by atoms with van der Waals surface area (Å²) < 4.78 is 5.77. The molecule has 1 aliphatic rings. The number of pyridine rings is 1. The van der Waals surface area contributed by atoms with Gasteiger partial charge in [0.05, 0.1) is 5.69 Å². The van der Waals surface area contributed by atoms with Gasteiger partial charge in [-0.05, 0) is 55.8 Å². The molecule has 3 rings (SSSR count). The third-order valence-corrected chi connectivity index (χ3v) is 4.04. The lowest BCUT2D eigenvalue weighted by Crippen LogP contribution is -2.25. The number of rotatable bonds is 6. The maximum atomic E-state index is 10.3. The highest BCUT2D eigenvalue weighted by Gasteiger charge is 2.12. The summed E-state index contributed by atoms with van der Waals surface area (Å²) in [7, 11) is 0. The van der Waals surface area contributed by atoms with E-state index in [1.807, 2.05) is 42.5 Å². The fourth-order valence-electron chi connectivity index (χ4n) is 2.75. The van der Waals surface area contributed by atoms with Gasteiger partial charge in [-0.2, -0.15) is 0 Å². The minimum atomic E-state index is -0.695. The number of ether oxygens (including phenoxy) is 1. The van der Waals surface area contributed by atoms with Crippen molar-refractivity contribution in [1.82, 2.24) is 9.88 Å². The number of benzene rings is 1. The van der Waals surface area contributed by atoms with E-state index in [9.17, 15) is 5.11 Å². The molecule has 0 bridgehead atoms. The molecule has 1 saturated heterocycles. The highest BCUT2D eigenvalue weighted by Crippen LogP contribution is 2.22. The lowest BCUT2D eigenvalue weighted by Gasteiger charge is -2.15. The van der Waals surface area contributed by atoms with Crippen molar-refractivity contribution in [3.8, 4) is 5.75 Å². The zero-order valence-electron chi connectivity index (χ0n) is 12.7. The molecule has 1 aliphatic heterocycles. The van der Waals surface area contributed by atoms with Gasteiger partial charge in [0.25, 0.3) is 0 Å². The van der Waals surface area contributed by atoms with Crippen molar-refractivity contribution in [2.24, 2.45) is 0 Å². The first-order chi connectivity index (χ1) is 10.8. The molecule has 22 heavy (non-hydrogen) atoms. The van der Waals surface area contributed by atoms with Crippen molar-refractivity contribution >= 4 is 0 Å².